The minimum Gasteiger partial charge on any atom is -0.381 e. The lowest BCUT2D eigenvalue weighted by Gasteiger charge is -2.28. The zero-order valence-electron chi connectivity index (χ0n) is 14.3. The van der Waals surface area contributed by atoms with E-state index in [1.54, 1.807) is 11.8 Å². The molecule has 2 heterocycles. The van der Waals surface area contributed by atoms with Gasteiger partial charge in [-0.2, -0.15) is 0 Å². The summed E-state index contributed by atoms with van der Waals surface area (Å²) in [5.74, 6) is 1.75. The minimum atomic E-state index is 0.717. The van der Waals surface area contributed by atoms with Gasteiger partial charge in [-0.25, -0.2) is 0 Å². The van der Waals surface area contributed by atoms with Crippen molar-refractivity contribution in [2.75, 3.05) is 50.2 Å². The van der Waals surface area contributed by atoms with E-state index in [4.69, 9.17) is 9.47 Å². The van der Waals surface area contributed by atoms with Crippen LogP contribution in [0.1, 0.15) is 12.5 Å². The third kappa shape index (κ3) is 4.09. The second-order valence-electron chi connectivity index (χ2n) is 5.60. The van der Waals surface area contributed by atoms with E-state index in [1.807, 2.05) is 6.92 Å². The fourth-order valence-electron chi connectivity index (χ4n) is 2.58. The number of rotatable bonds is 7. The topological polar surface area (TPSA) is 52.4 Å². The molecule has 1 aromatic heterocycles. The van der Waals surface area contributed by atoms with Gasteiger partial charge >= 0.3 is 0 Å². The number of anilines is 1. The molecule has 0 atom stereocenters. The molecule has 1 aliphatic heterocycles. The maximum absolute atomic E-state index is 5.46. The highest BCUT2D eigenvalue weighted by molar-refractivity contribution is 7.99. The molecule has 1 fully saturated rings. The molecule has 0 N–H and O–H groups in total. The highest BCUT2D eigenvalue weighted by atomic mass is 32.2. The Morgan fingerprint density at radius 1 is 1.17 bits per heavy atom. The Morgan fingerprint density at radius 3 is 2.62 bits per heavy atom. The average Bonchev–Trinajstić information content (AvgIpc) is 3.04. The molecule has 1 aliphatic rings. The van der Waals surface area contributed by atoms with Crippen LogP contribution in [0.15, 0.2) is 29.4 Å². The molecule has 0 amide bonds. The van der Waals surface area contributed by atoms with E-state index in [0.717, 1.165) is 62.1 Å². The second kappa shape index (κ2) is 8.50. The first-order valence-electron chi connectivity index (χ1n) is 8.35. The van der Waals surface area contributed by atoms with Crippen molar-refractivity contribution in [1.82, 2.24) is 14.8 Å². The second-order valence-corrected chi connectivity index (χ2v) is 6.66. The lowest BCUT2D eigenvalue weighted by atomic mass is 10.2. The fourth-order valence-corrected chi connectivity index (χ4v) is 3.38. The third-order valence-corrected chi connectivity index (χ3v) is 4.76. The van der Waals surface area contributed by atoms with Gasteiger partial charge < -0.3 is 14.4 Å². The van der Waals surface area contributed by atoms with Crippen LogP contribution in [0.4, 0.5) is 5.95 Å². The number of ether oxygens (including phenoxy) is 2. The number of aromatic nitrogens is 3. The Morgan fingerprint density at radius 2 is 1.92 bits per heavy atom. The first-order chi connectivity index (χ1) is 11.8. The lowest BCUT2D eigenvalue weighted by Crippen LogP contribution is -2.37. The maximum Gasteiger partial charge on any atom is 0.232 e. The molecular formula is C17H24N4O2S. The van der Waals surface area contributed by atoms with E-state index in [-0.39, 0.29) is 0 Å². The van der Waals surface area contributed by atoms with Gasteiger partial charge in [-0.15, -0.1) is 10.2 Å². The molecule has 0 saturated carbocycles. The first-order valence-corrected chi connectivity index (χ1v) is 9.34. The highest BCUT2D eigenvalue weighted by Crippen LogP contribution is 2.27. The van der Waals surface area contributed by atoms with Crippen molar-refractivity contribution >= 4 is 17.7 Å². The zero-order valence-corrected chi connectivity index (χ0v) is 15.1. The van der Waals surface area contributed by atoms with Crippen LogP contribution in [0.2, 0.25) is 0 Å². The van der Waals surface area contributed by atoms with E-state index in [9.17, 15) is 0 Å². The van der Waals surface area contributed by atoms with Gasteiger partial charge in [0.2, 0.25) is 5.95 Å². The molecule has 0 bridgehead atoms. The number of morpholine rings is 1. The molecule has 0 spiro atoms. The number of aryl methyl sites for hydroxylation is 1. The molecule has 0 unspecified atom stereocenters. The summed E-state index contributed by atoms with van der Waals surface area (Å²) < 4.78 is 13.0. The van der Waals surface area contributed by atoms with Gasteiger partial charge in [0.25, 0.3) is 0 Å². The van der Waals surface area contributed by atoms with Crippen LogP contribution in [-0.2, 0) is 9.47 Å². The minimum absolute atomic E-state index is 0.717. The predicted molar refractivity (Wildman–Crippen MR) is 96.3 cm³/mol. The van der Waals surface area contributed by atoms with E-state index >= 15 is 0 Å². The van der Waals surface area contributed by atoms with Crippen LogP contribution >= 0.6 is 11.8 Å². The SMILES string of the molecule is CCOCCSc1nnc(N2CCOCC2)n1-c1ccc(C)cc1. The number of hydrogen-bond acceptors (Lipinski definition) is 6. The van der Waals surface area contributed by atoms with Crippen molar-refractivity contribution in [2.45, 2.75) is 19.0 Å². The molecule has 1 aromatic carbocycles. The summed E-state index contributed by atoms with van der Waals surface area (Å²) in [6, 6.07) is 8.48. The Labute approximate surface area is 147 Å². The molecule has 24 heavy (non-hydrogen) atoms. The molecule has 1 saturated heterocycles. The van der Waals surface area contributed by atoms with Crippen molar-refractivity contribution in [1.29, 1.82) is 0 Å². The summed E-state index contributed by atoms with van der Waals surface area (Å²) in [4.78, 5) is 2.24. The Hall–Kier alpha value is -1.57. The molecule has 7 heteroatoms. The molecule has 130 valence electrons. The highest BCUT2D eigenvalue weighted by Gasteiger charge is 2.21. The van der Waals surface area contributed by atoms with Gasteiger partial charge in [0.15, 0.2) is 5.16 Å². The van der Waals surface area contributed by atoms with Crippen molar-refractivity contribution in [3.63, 3.8) is 0 Å². The molecule has 3 rings (SSSR count). The summed E-state index contributed by atoms with van der Waals surface area (Å²) in [5, 5.41) is 9.79. The lowest BCUT2D eigenvalue weighted by molar-refractivity contribution is 0.122. The molecule has 0 radical (unpaired) electrons. The average molecular weight is 348 g/mol. The van der Waals surface area contributed by atoms with E-state index in [0.29, 0.717) is 0 Å². The summed E-state index contributed by atoms with van der Waals surface area (Å²) >= 11 is 1.68. The normalized spacial score (nSPS) is 15.0. The molecule has 2 aromatic rings. The zero-order chi connectivity index (χ0) is 16.8. The quantitative estimate of drug-likeness (QED) is 0.566. The number of benzene rings is 1. The largest absolute Gasteiger partial charge is 0.381 e. The van der Waals surface area contributed by atoms with Gasteiger partial charge in [0.1, 0.15) is 0 Å². The van der Waals surface area contributed by atoms with Crippen molar-refractivity contribution in [3.8, 4) is 5.69 Å². The van der Waals surface area contributed by atoms with Crippen LogP contribution in [0.25, 0.3) is 5.69 Å². The smallest absolute Gasteiger partial charge is 0.232 e. The maximum atomic E-state index is 5.46. The van der Waals surface area contributed by atoms with Crippen molar-refractivity contribution in [3.05, 3.63) is 29.8 Å². The predicted octanol–water partition coefficient (Wildman–Crippen LogP) is 2.54. The van der Waals surface area contributed by atoms with E-state index in [2.05, 4.69) is 50.9 Å². The van der Waals surface area contributed by atoms with Crippen LogP contribution in [0, 0.1) is 6.92 Å². The standard InChI is InChI=1S/C17H24N4O2S/c1-3-22-12-13-24-17-19-18-16(20-8-10-23-11-9-20)21(17)15-6-4-14(2)5-7-15/h4-7H,3,8-13H2,1-2H3. The Bertz CT molecular complexity index is 639. The first kappa shape index (κ1) is 17.3. The van der Waals surface area contributed by atoms with Gasteiger partial charge in [0, 0.05) is 25.4 Å². The third-order valence-electron chi connectivity index (χ3n) is 3.87. The number of thioether (sulfide) groups is 1. The van der Waals surface area contributed by atoms with E-state index < -0.39 is 0 Å². The van der Waals surface area contributed by atoms with Crippen LogP contribution in [-0.4, -0.2) is 60.0 Å². The van der Waals surface area contributed by atoms with E-state index in [1.165, 1.54) is 5.56 Å². The van der Waals surface area contributed by atoms with Crippen LogP contribution < -0.4 is 4.90 Å². The van der Waals surface area contributed by atoms with Gasteiger partial charge in [0.05, 0.1) is 25.5 Å². The van der Waals surface area contributed by atoms with Gasteiger partial charge in [-0.05, 0) is 26.0 Å². The number of nitrogens with zero attached hydrogens (tertiary/aromatic N) is 4. The Balaban J connectivity index is 1.87. The van der Waals surface area contributed by atoms with Crippen LogP contribution in [0.3, 0.4) is 0 Å². The fraction of sp³-hybridized carbons (Fsp3) is 0.529. The van der Waals surface area contributed by atoms with Gasteiger partial charge in [-0.3, -0.25) is 4.57 Å². The van der Waals surface area contributed by atoms with Crippen molar-refractivity contribution in [2.24, 2.45) is 0 Å². The van der Waals surface area contributed by atoms with Gasteiger partial charge in [-0.1, -0.05) is 29.5 Å². The summed E-state index contributed by atoms with van der Waals surface area (Å²) in [6.45, 7) is 8.70. The number of hydrogen-bond donors (Lipinski definition) is 0. The van der Waals surface area contributed by atoms with Crippen molar-refractivity contribution < 1.29 is 9.47 Å². The molecular weight excluding hydrogens is 324 g/mol. The summed E-state index contributed by atoms with van der Waals surface area (Å²) in [6.07, 6.45) is 0. The summed E-state index contributed by atoms with van der Waals surface area (Å²) in [5.41, 5.74) is 2.33. The monoisotopic (exact) mass is 348 g/mol. The summed E-state index contributed by atoms with van der Waals surface area (Å²) in [7, 11) is 0. The molecule has 6 nitrogen and oxygen atoms in total. The van der Waals surface area contributed by atoms with Crippen LogP contribution in [0.5, 0.6) is 0 Å². The molecule has 0 aliphatic carbocycles. The Kier molecular flexibility index (Phi) is 6.12.